The molecule has 2 fully saturated rings. The molecule has 1 atom stereocenters. The number of rotatable bonds is 5. The Morgan fingerprint density at radius 2 is 2.11 bits per heavy atom. The molecule has 0 radical (unpaired) electrons. The van der Waals surface area contributed by atoms with Crippen molar-refractivity contribution in [1.82, 2.24) is 24.8 Å². The molecule has 0 spiro atoms. The van der Waals surface area contributed by atoms with Crippen LogP contribution in [0.25, 0.3) is 10.7 Å². The van der Waals surface area contributed by atoms with E-state index in [-0.39, 0.29) is 5.92 Å². The first-order valence-electron chi connectivity index (χ1n) is 9.83. The molecule has 7 nitrogen and oxygen atoms in total. The van der Waals surface area contributed by atoms with Crippen molar-refractivity contribution in [2.24, 2.45) is 5.92 Å². The van der Waals surface area contributed by atoms with Gasteiger partial charge < -0.3 is 14.3 Å². The molecule has 4 rings (SSSR count). The third-order valence-electron chi connectivity index (χ3n) is 5.55. The van der Waals surface area contributed by atoms with E-state index in [0.29, 0.717) is 24.2 Å². The Hall–Kier alpha value is -1.77. The predicted molar refractivity (Wildman–Crippen MR) is 104 cm³/mol. The largest absolute Gasteiger partial charge is 0.340 e. The minimum atomic E-state index is 0.0895. The number of hydrogen-bond acceptors (Lipinski definition) is 7. The van der Waals surface area contributed by atoms with Gasteiger partial charge in [0, 0.05) is 32.7 Å². The molecule has 1 unspecified atom stereocenters. The molecule has 0 aromatic carbocycles. The lowest BCUT2D eigenvalue weighted by Crippen LogP contribution is -2.52. The molecule has 0 saturated carbocycles. The van der Waals surface area contributed by atoms with Crippen LogP contribution in [0.15, 0.2) is 22.0 Å². The van der Waals surface area contributed by atoms with Gasteiger partial charge in [-0.1, -0.05) is 18.1 Å². The van der Waals surface area contributed by atoms with Crippen LogP contribution in [0.2, 0.25) is 0 Å². The van der Waals surface area contributed by atoms with Gasteiger partial charge in [0.2, 0.25) is 17.6 Å². The predicted octanol–water partition coefficient (Wildman–Crippen LogP) is 2.17. The monoisotopic (exact) mass is 389 g/mol. The van der Waals surface area contributed by atoms with Crippen molar-refractivity contribution >= 4 is 17.2 Å². The summed E-state index contributed by atoms with van der Waals surface area (Å²) in [4.78, 5) is 25.2. The van der Waals surface area contributed by atoms with Crippen LogP contribution in [0.4, 0.5) is 0 Å². The van der Waals surface area contributed by atoms with Gasteiger partial charge in [0.15, 0.2) is 0 Å². The van der Waals surface area contributed by atoms with E-state index in [1.807, 2.05) is 17.5 Å². The van der Waals surface area contributed by atoms with Crippen LogP contribution >= 0.6 is 11.3 Å². The highest BCUT2D eigenvalue weighted by Gasteiger charge is 2.31. The molecule has 2 aliphatic rings. The van der Waals surface area contributed by atoms with E-state index in [2.05, 4.69) is 31.8 Å². The Labute approximate surface area is 163 Å². The van der Waals surface area contributed by atoms with Gasteiger partial charge in [-0.05, 0) is 37.4 Å². The lowest BCUT2D eigenvalue weighted by Gasteiger charge is -2.38. The molecular weight excluding hydrogens is 362 g/mol. The zero-order valence-electron chi connectivity index (χ0n) is 15.8. The highest BCUT2D eigenvalue weighted by molar-refractivity contribution is 7.13. The van der Waals surface area contributed by atoms with Gasteiger partial charge in [-0.25, -0.2) is 0 Å². The summed E-state index contributed by atoms with van der Waals surface area (Å²) in [7, 11) is 0. The van der Waals surface area contributed by atoms with Crippen molar-refractivity contribution in [3.8, 4) is 10.7 Å². The number of nitrogens with zero attached hydrogens (tertiary/aromatic N) is 5. The fourth-order valence-electron chi connectivity index (χ4n) is 3.96. The summed E-state index contributed by atoms with van der Waals surface area (Å²) in [6.07, 6.45) is 2.02. The zero-order valence-corrected chi connectivity index (χ0v) is 16.7. The van der Waals surface area contributed by atoms with E-state index < -0.39 is 0 Å². The molecule has 0 N–H and O–H groups in total. The molecule has 2 aromatic heterocycles. The van der Waals surface area contributed by atoms with Crippen molar-refractivity contribution in [3.63, 3.8) is 0 Å². The molecule has 0 aliphatic carbocycles. The summed E-state index contributed by atoms with van der Waals surface area (Å²) in [5, 5.41) is 6.09. The van der Waals surface area contributed by atoms with Gasteiger partial charge in [0.25, 0.3) is 0 Å². The van der Waals surface area contributed by atoms with E-state index in [9.17, 15) is 4.79 Å². The first kappa shape index (κ1) is 18.6. The maximum Gasteiger partial charge on any atom is 0.241 e. The number of piperazine rings is 1. The number of likely N-dealkylation sites (tertiary alicyclic amines) is 1. The van der Waals surface area contributed by atoms with Crippen LogP contribution in [0.1, 0.15) is 25.7 Å². The van der Waals surface area contributed by atoms with Gasteiger partial charge in [0.05, 0.1) is 17.3 Å². The normalized spacial score (nSPS) is 22.3. The molecule has 2 saturated heterocycles. The van der Waals surface area contributed by atoms with E-state index >= 15 is 0 Å². The highest BCUT2D eigenvalue weighted by atomic mass is 32.1. The number of piperidine rings is 1. The van der Waals surface area contributed by atoms with Crippen molar-refractivity contribution in [2.75, 3.05) is 45.8 Å². The van der Waals surface area contributed by atoms with Gasteiger partial charge in [-0.3, -0.25) is 9.69 Å². The number of thiophene rings is 1. The van der Waals surface area contributed by atoms with Crippen LogP contribution in [0.5, 0.6) is 0 Å². The van der Waals surface area contributed by atoms with Crippen molar-refractivity contribution in [2.45, 2.75) is 26.3 Å². The fraction of sp³-hybridized carbons (Fsp3) is 0.632. The maximum absolute atomic E-state index is 12.9. The first-order valence-corrected chi connectivity index (χ1v) is 10.7. The topological polar surface area (TPSA) is 65.7 Å². The highest BCUT2D eigenvalue weighted by Crippen LogP contribution is 2.24. The van der Waals surface area contributed by atoms with Gasteiger partial charge in [-0.15, -0.1) is 11.3 Å². The second-order valence-electron chi connectivity index (χ2n) is 7.32. The molecular formula is C19H27N5O2S. The molecule has 2 aliphatic heterocycles. The SMILES string of the molecule is CCN1CCN(C(=O)C2CCCN(Cc3nc(-c4cccs4)no3)C2)CC1. The number of hydrogen-bond donors (Lipinski definition) is 0. The van der Waals surface area contributed by atoms with Crippen LogP contribution < -0.4 is 0 Å². The minimum absolute atomic E-state index is 0.0895. The second-order valence-corrected chi connectivity index (χ2v) is 8.27. The summed E-state index contributed by atoms with van der Waals surface area (Å²) in [5.74, 6) is 1.69. The van der Waals surface area contributed by atoms with E-state index in [1.54, 1.807) is 11.3 Å². The molecule has 4 heterocycles. The average Bonchev–Trinajstić information content (AvgIpc) is 3.39. The van der Waals surface area contributed by atoms with Gasteiger partial charge >= 0.3 is 0 Å². The quantitative estimate of drug-likeness (QED) is 0.781. The zero-order chi connectivity index (χ0) is 18.6. The van der Waals surface area contributed by atoms with Crippen molar-refractivity contribution in [1.29, 1.82) is 0 Å². The number of amides is 1. The third-order valence-corrected chi connectivity index (χ3v) is 6.42. The number of carbonyl (C=O) groups excluding carboxylic acids is 1. The van der Waals surface area contributed by atoms with Crippen molar-refractivity contribution < 1.29 is 9.32 Å². The Morgan fingerprint density at radius 1 is 1.26 bits per heavy atom. The average molecular weight is 390 g/mol. The van der Waals surface area contributed by atoms with Crippen LogP contribution in [-0.4, -0.2) is 76.6 Å². The van der Waals surface area contributed by atoms with Crippen LogP contribution in [-0.2, 0) is 11.3 Å². The lowest BCUT2D eigenvalue weighted by molar-refractivity contribution is -0.139. The molecule has 1 amide bonds. The minimum Gasteiger partial charge on any atom is -0.340 e. The molecule has 2 aromatic rings. The summed E-state index contributed by atoms with van der Waals surface area (Å²) in [6, 6.07) is 3.98. The fourth-order valence-corrected chi connectivity index (χ4v) is 4.61. The molecule has 0 bridgehead atoms. The first-order chi connectivity index (χ1) is 13.2. The standard InChI is InChI=1S/C19H27N5O2S/c1-2-22-8-10-24(11-9-22)19(25)15-5-3-7-23(13-15)14-17-20-18(21-26-17)16-6-4-12-27-16/h4,6,12,15H,2-3,5,7-11,13-14H2,1H3. The maximum atomic E-state index is 12.9. The summed E-state index contributed by atoms with van der Waals surface area (Å²) >= 11 is 1.61. The number of carbonyl (C=O) groups is 1. The Kier molecular flexibility index (Phi) is 5.85. The molecule has 8 heteroatoms. The third kappa shape index (κ3) is 4.39. The summed E-state index contributed by atoms with van der Waals surface area (Å²) in [5.41, 5.74) is 0. The van der Waals surface area contributed by atoms with Crippen molar-refractivity contribution in [3.05, 3.63) is 23.4 Å². The van der Waals surface area contributed by atoms with E-state index in [4.69, 9.17) is 4.52 Å². The van der Waals surface area contributed by atoms with E-state index in [1.165, 1.54) is 0 Å². The summed E-state index contributed by atoms with van der Waals surface area (Å²) in [6.45, 7) is 9.32. The number of likely N-dealkylation sites (N-methyl/N-ethyl adjacent to an activating group) is 1. The second kappa shape index (κ2) is 8.50. The van der Waals surface area contributed by atoms with Crippen LogP contribution in [0, 0.1) is 5.92 Å². The van der Waals surface area contributed by atoms with E-state index in [0.717, 1.165) is 63.5 Å². The summed E-state index contributed by atoms with van der Waals surface area (Å²) < 4.78 is 5.43. The smallest absolute Gasteiger partial charge is 0.241 e. The lowest BCUT2D eigenvalue weighted by atomic mass is 9.96. The van der Waals surface area contributed by atoms with Crippen LogP contribution in [0.3, 0.4) is 0 Å². The van der Waals surface area contributed by atoms with Gasteiger partial charge in [-0.2, -0.15) is 4.98 Å². The molecule has 146 valence electrons. The van der Waals surface area contributed by atoms with Gasteiger partial charge in [0.1, 0.15) is 0 Å². The number of aromatic nitrogens is 2. The Morgan fingerprint density at radius 3 is 2.85 bits per heavy atom. The molecule has 27 heavy (non-hydrogen) atoms. The Balaban J connectivity index is 1.32. The Bertz CT molecular complexity index is 739.